The summed E-state index contributed by atoms with van der Waals surface area (Å²) in [5.74, 6) is 0. The Hall–Kier alpha value is -1.69. The summed E-state index contributed by atoms with van der Waals surface area (Å²) in [7, 11) is -3.28. The van der Waals surface area contributed by atoms with E-state index in [0.29, 0.717) is 11.2 Å². The Morgan fingerprint density at radius 3 is 2.00 bits per heavy atom. The van der Waals surface area contributed by atoms with E-state index in [9.17, 15) is 8.42 Å². The lowest BCUT2D eigenvalue weighted by Crippen LogP contribution is -2.10. The molecule has 0 unspecified atom stereocenters. The standard InChI is InChI=1S/C12H15N3O2S/c1-7-5-11-12(14-9(3)8(2)13-11)6-10(7)15-18(4,16)17/h5-6,15H,1-4H3. The maximum Gasteiger partial charge on any atom is 0.229 e. The van der Waals surface area contributed by atoms with E-state index in [-0.39, 0.29) is 0 Å². The number of benzene rings is 1. The van der Waals surface area contributed by atoms with Gasteiger partial charge in [-0.15, -0.1) is 0 Å². The minimum absolute atomic E-state index is 0.544. The first-order valence-corrected chi connectivity index (χ1v) is 7.39. The van der Waals surface area contributed by atoms with Crippen LogP contribution in [0.1, 0.15) is 17.0 Å². The van der Waals surface area contributed by atoms with E-state index < -0.39 is 10.0 Å². The largest absolute Gasteiger partial charge is 0.283 e. The molecule has 96 valence electrons. The van der Waals surface area contributed by atoms with E-state index in [1.165, 1.54) is 0 Å². The van der Waals surface area contributed by atoms with Gasteiger partial charge in [-0.05, 0) is 38.5 Å². The Labute approximate surface area is 106 Å². The van der Waals surface area contributed by atoms with E-state index in [1.54, 1.807) is 6.07 Å². The lowest BCUT2D eigenvalue weighted by molar-refractivity contribution is 0.607. The second-order valence-corrected chi connectivity index (χ2v) is 6.17. The molecule has 0 amide bonds. The molecule has 1 aromatic carbocycles. The van der Waals surface area contributed by atoms with Gasteiger partial charge in [-0.3, -0.25) is 4.72 Å². The van der Waals surface area contributed by atoms with Crippen molar-refractivity contribution in [2.45, 2.75) is 20.8 Å². The molecule has 0 saturated carbocycles. The highest BCUT2D eigenvalue weighted by Crippen LogP contribution is 2.22. The van der Waals surface area contributed by atoms with Crippen molar-refractivity contribution in [2.75, 3.05) is 11.0 Å². The number of aromatic nitrogens is 2. The van der Waals surface area contributed by atoms with Crippen molar-refractivity contribution in [1.29, 1.82) is 0 Å². The van der Waals surface area contributed by atoms with Crippen molar-refractivity contribution >= 4 is 26.7 Å². The van der Waals surface area contributed by atoms with Crippen molar-refractivity contribution < 1.29 is 8.42 Å². The van der Waals surface area contributed by atoms with Crippen molar-refractivity contribution in [3.8, 4) is 0 Å². The van der Waals surface area contributed by atoms with E-state index >= 15 is 0 Å². The van der Waals surface area contributed by atoms with Crippen molar-refractivity contribution in [2.24, 2.45) is 0 Å². The molecule has 1 heterocycles. The monoisotopic (exact) mass is 265 g/mol. The zero-order valence-electron chi connectivity index (χ0n) is 10.8. The molecule has 0 fully saturated rings. The van der Waals surface area contributed by atoms with Gasteiger partial charge in [0.2, 0.25) is 10.0 Å². The number of nitrogens with one attached hydrogen (secondary N) is 1. The zero-order valence-corrected chi connectivity index (χ0v) is 11.6. The van der Waals surface area contributed by atoms with Crippen LogP contribution in [0.25, 0.3) is 11.0 Å². The number of hydrogen-bond acceptors (Lipinski definition) is 4. The fourth-order valence-electron chi connectivity index (χ4n) is 1.69. The summed E-state index contributed by atoms with van der Waals surface area (Å²) >= 11 is 0. The molecule has 0 spiro atoms. The average Bonchev–Trinajstić information content (AvgIpc) is 2.20. The van der Waals surface area contributed by atoms with Crippen LogP contribution in [-0.4, -0.2) is 24.6 Å². The smallest absolute Gasteiger partial charge is 0.229 e. The van der Waals surface area contributed by atoms with Crippen LogP contribution in [0.5, 0.6) is 0 Å². The van der Waals surface area contributed by atoms with Crippen LogP contribution in [0.15, 0.2) is 12.1 Å². The molecule has 1 N–H and O–H groups in total. The number of fused-ring (bicyclic) bond motifs is 1. The second kappa shape index (κ2) is 4.20. The summed E-state index contributed by atoms with van der Waals surface area (Å²) in [6.07, 6.45) is 1.13. The predicted molar refractivity (Wildman–Crippen MR) is 72.2 cm³/mol. The minimum Gasteiger partial charge on any atom is -0.283 e. The Kier molecular flexibility index (Phi) is 2.98. The minimum atomic E-state index is -3.28. The third kappa shape index (κ3) is 2.59. The third-order valence-corrected chi connectivity index (χ3v) is 3.31. The van der Waals surface area contributed by atoms with Gasteiger partial charge in [-0.25, -0.2) is 18.4 Å². The summed E-state index contributed by atoms with van der Waals surface area (Å²) in [4.78, 5) is 8.84. The number of aryl methyl sites for hydroxylation is 3. The third-order valence-electron chi connectivity index (χ3n) is 2.72. The van der Waals surface area contributed by atoms with Gasteiger partial charge in [0.25, 0.3) is 0 Å². The normalized spacial score (nSPS) is 11.8. The predicted octanol–water partition coefficient (Wildman–Crippen LogP) is 1.93. The average molecular weight is 265 g/mol. The molecule has 0 aliphatic rings. The molecule has 0 radical (unpaired) electrons. The first kappa shape index (κ1) is 12.8. The van der Waals surface area contributed by atoms with E-state index in [1.807, 2.05) is 26.8 Å². The molecule has 0 bridgehead atoms. The van der Waals surface area contributed by atoms with Crippen molar-refractivity contribution in [3.63, 3.8) is 0 Å². The fourth-order valence-corrected chi connectivity index (χ4v) is 2.31. The van der Waals surface area contributed by atoms with Crippen molar-refractivity contribution in [3.05, 3.63) is 29.1 Å². The zero-order chi connectivity index (χ0) is 13.5. The maximum atomic E-state index is 11.3. The first-order chi connectivity index (χ1) is 8.26. The molecule has 0 atom stereocenters. The lowest BCUT2D eigenvalue weighted by Gasteiger charge is -2.10. The topological polar surface area (TPSA) is 72.0 Å². The lowest BCUT2D eigenvalue weighted by atomic mass is 10.1. The van der Waals surface area contributed by atoms with Crippen LogP contribution in [-0.2, 0) is 10.0 Å². The molecule has 5 nitrogen and oxygen atoms in total. The number of sulfonamides is 1. The van der Waals surface area contributed by atoms with Crippen LogP contribution in [0.4, 0.5) is 5.69 Å². The maximum absolute atomic E-state index is 11.3. The van der Waals surface area contributed by atoms with Gasteiger partial charge >= 0.3 is 0 Å². The highest BCUT2D eigenvalue weighted by Gasteiger charge is 2.09. The highest BCUT2D eigenvalue weighted by atomic mass is 32.2. The number of anilines is 1. The SMILES string of the molecule is Cc1cc2nc(C)c(C)nc2cc1NS(C)(=O)=O. The molecule has 2 rings (SSSR count). The van der Waals surface area contributed by atoms with Gasteiger partial charge in [-0.1, -0.05) is 0 Å². The summed E-state index contributed by atoms with van der Waals surface area (Å²) in [6.45, 7) is 5.62. The first-order valence-electron chi connectivity index (χ1n) is 5.49. The second-order valence-electron chi connectivity index (χ2n) is 4.42. The summed E-state index contributed by atoms with van der Waals surface area (Å²) in [6, 6.07) is 3.55. The fraction of sp³-hybridized carbons (Fsp3) is 0.333. The Balaban J connectivity index is 2.64. The van der Waals surface area contributed by atoms with E-state index in [2.05, 4.69) is 14.7 Å². The van der Waals surface area contributed by atoms with Gasteiger partial charge in [0.05, 0.1) is 34.4 Å². The van der Waals surface area contributed by atoms with E-state index in [4.69, 9.17) is 0 Å². The Morgan fingerprint density at radius 1 is 1.00 bits per heavy atom. The van der Waals surface area contributed by atoms with Gasteiger partial charge in [0.15, 0.2) is 0 Å². The quantitative estimate of drug-likeness (QED) is 0.900. The molecule has 1 aromatic heterocycles. The number of nitrogens with zero attached hydrogens (tertiary/aromatic N) is 2. The molecule has 0 aliphatic carbocycles. The summed E-state index contributed by atoms with van der Waals surface area (Å²) < 4.78 is 25.0. The Bertz CT molecular complexity index is 724. The molecular formula is C12H15N3O2S. The van der Waals surface area contributed by atoms with Crippen LogP contribution in [0, 0.1) is 20.8 Å². The van der Waals surface area contributed by atoms with Gasteiger partial charge in [-0.2, -0.15) is 0 Å². The molecule has 0 aliphatic heterocycles. The summed E-state index contributed by atoms with van der Waals surface area (Å²) in [5, 5.41) is 0. The van der Waals surface area contributed by atoms with Gasteiger partial charge < -0.3 is 0 Å². The van der Waals surface area contributed by atoms with Gasteiger partial charge in [0, 0.05) is 0 Å². The van der Waals surface area contributed by atoms with Gasteiger partial charge in [0.1, 0.15) is 0 Å². The van der Waals surface area contributed by atoms with Crippen LogP contribution in [0.2, 0.25) is 0 Å². The molecule has 18 heavy (non-hydrogen) atoms. The summed E-state index contributed by atoms with van der Waals surface area (Å²) in [5.41, 5.74) is 4.56. The number of hydrogen-bond donors (Lipinski definition) is 1. The van der Waals surface area contributed by atoms with Crippen LogP contribution in [0.3, 0.4) is 0 Å². The molecule has 6 heteroatoms. The van der Waals surface area contributed by atoms with Crippen LogP contribution < -0.4 is 4.72 Å². The van der Waals surface area contributed by atoms with Crippen molar-refractivity contribution in [1.82, 2.24) is 9.97 Å². The van der Waals surface area contributed by atoms with E-state index in [0.717, 1.165) is 28.7 Å². The Morgan fingerprint density at radius 2 is 1.50 bits per heavy atom. The molecular weight excluding hydrogens is 250 g/mol. The van der Waals surface area contributed by atoms with Crippen LogP contribution >= 0.6 is 0 Å². The number of rotatable bonds is 2. The highest BCUT2D eigenvalue weighted by molar-refractivity contribution is 7.92. The molecule has 0 saturated heterocycles. The molecule has 2 aromatic rings.